The van der Waals surface area contributed by atoms with Gasteiger partial charge >= 0.3 is 5.97 Å². The van der Waals surface area contributed by atoms with E-state index in [2.05, 4.69) is 5.32 Å². The molecule has 0 atom stereocenters. The van der Waals surface area contributed by atoms with Gasteiger partial charge in [0.15, 0.2) is 0 Å². The minimum absolute atomic E-state index is 0.0240. The molecule has 0 bridgehead atoms. The highest BCUT2D eigenvalue weighted by atomic mass is 35.5. The molecule has 2 N–H and O–H groups in total. The van der Waals surface area contributed by atoms with Crippen molar-refractivity contribution in [1.82, 2.24) is 5.32 Å². The van der Waals surface area contributed by atoms with Crippen LogP contribution in [-0.2, 0) is 17.6 Å². The zero-order valence-electron chi connectivity index (χ0n) is 17.4. The molecule has 0 saturated heterocycles. The summed E-state index contributed by atoms with van der Waals surface area (Å²) in [5.41, 5.74) is 4.11. The number of amides is 1. The van der Waals surface area contributed by atoms with Crippen molar-refractivity contribution in [2.24, 2.45) is 0 Å². The van der Waals surface area contributed by atoms with Gasteiger partial charge in [-0.1, -0.05) is 35.9 Å². The number of ether oxygens (including phenoxy) is 1. The first kappa shape index (κ1) is 22.4. The number of hydrogen-bond acceptors (Lipinski definition) is 3. The van der Waals surface area contributed by atoms with Crippen LogP contribution >= 0.6 is 11.6 Å². The Bertz CT molecular complexity index is 1050. The molecule has 0 aliphatic carbocycles. The van der Waals surface area contributed by atoms with Crippen molar-refractivity contribution in [3.8, 4) is 11.5 Å². The highest BCUT2D eigenvalue weighted by molar-refractivity contribution is 6.30. The predicted molar refractivity (Wildman–Crippen MR) is 121 cm³/mol. The van der Waals surface area contributed by atoms with Gasteiger partial charge in [0.1, 0.15) is 11.5 Å². The molecule has 0 heterocycles. The standard InChI is InChI=1S/C25H24ClNO4/c1-16-13-19(15-23(28)29)14-17(2)24(16)31-22-9-5-20(6-10-22)25(30)27-12-11-18-3-7-21(26)8-4-18/h3-10,13-14H,11-12,15H2,1-2H3,(H,27,30)(H,28,29). The summed E-state index contributed by atoms with van der Waals surface area (Å²) in [4.78, 5) is 23.3. The van der Waals surface area contributed by atoms with Crippen LogP contribution in [0.4, 0.5) is 0 Å². The number of aryl methyl sites for hydroxylation is 2. The molecule has 1 amide bonds. The Hall–Kier alpha value is -3.31. The third kappa shape index (κ3) is 6.33. The van der Waals surface area contributed by atoms with E-state index in [1.54, 1.807) is 24.3 Å². The zero-order chi connectivity index (χ0) is 22.4. The van der Waals surface area contributed by atoms with Gasteiger partial charge in [0, 0.05) is 17.1 Å². The normalized spacial score (nSPS) is 10.5. The van der Waals surface area contributed by atoms with Crippen LogP contribution in [0, 0.1) is 13.8 Å². The van der Waals surface area contributed by atoms with Crippen molar-refractivity contribution >= 4 is 23.5 Å². The first-order valence-corrected chi connectivity index (χ1v) is 10.3. The number of carboxylic acid groups (broad SMARTS) is 1. The Balaban J connectivity index is 1.59. The highest BCUT2D eigenvalue weighted by Crippen LogP contribution is 2.30. The van der Waals surface area contributed by atoms with Crippen molar-refractivity contribution < 1.29 is 19.4 Å². The Kier molecular flexibility index (Phi) is 7.32. The van der Waals surface area contributed by atoms with E-state index in [4.69, 9.17) is 21.4 Å². The van der Waals surface area contributed by atoms with Crippen LogP contribution in [0.5, 0.6) is 11.5 Å². The second kappa shape index (κ2) is 10.1. The quantitative estimate of drug-likeness (QED) is 0.498. The van der Waals surface area contributed by atoms with Crippen LogP contribution in [0.1, 0.15) is 32.6 Å². The van der Waals surface area contributed by atoms with Gasteiger partial charge in [0.05, 0.1) is 6.42 Å². The summed E-state index contributed by atoms with van der Waals surface area (Å²) in [5.74, 6) is 0.282. The number of carboxylic acids is 1. The van der Waals surface area contributed by atoms with Gasteiger partial charge in [0.2, 0.25) is 0 Å². The first-order valence-electron chi connectivity index (χ1n) is 9.94. The number of rotatable bonds is 8. The van der Waals surface area contributed by atoms with Crippen molar-refractivity contribution in [1.29, 1.82) is 0 Å². The third-order valence-electron chi connectivity index (χ3n) is 4.82. The number of nitrogens with one attached hydrogen (secondary N) is 1. The lowest BCUT2D eigenvalue weighted by Gasteiger charge is -2.14. The van der Waals surface area contributed by atoms with Gasteiger partial charge in [0.25, 0.3) is 5.91 Å². The molecular weight excluding hydrogens is 414 g/mol. The van der Waals surface area contributed by atoms with E-state index in [0.29, 0.717) is 28.6 Å². The van der Waals surface area contributed by atoms with Gasteiger partial charge in [-0.15, -0.1) is 0 Å². The lowest BCUT2D eigenvalue weighted by Crippen LogP contribution is -2.25. The molecule has 0 fully saturated rings. The lowest BCUT2D eigenvalue weighted by atomic mass is 10.0. The van der Waals surface area contributed by atoms with E-state index in [1.807, 2.05) is 50.2 Å². The van der Waals surface area contributed by atoms with Gasteiger partial charge in [-0.25, -0.2) is 0 Å². The number of hydrogen-bond donors (Lipinski definition) is 2. The third-order valence-corrected chi connectivity index (χ3v) is 5.08. The van der Waals surface area contributed by atoms with Crippen molar-refractivity contribution in [2.75, 3.05) is 6.54 Å². The highest BCUT2D eigenvalue weighted by Gasteiger charge is 2.11. The molecule has 3 aromatic carbocycles. The fraction of sp³-hybridized carbons (Fsp3) is 0.200. The van der Waals surface area contributed by atoms with Crippen molar-refractivity contribution in [3.63, 3.8) is 0 Å². The number of aliphatic carboxylic acids is 1. The first-order chi connectivity index (χ1) is 14.8. The summed E-state index contributed by atoms with van der Waals surface area (Å²) in [6.45, 7) is 4.30. The van der Waals surface area contributed by atoms with E-state index < -0.39 is 5.97 Å². The van der Waals surface area contributed by atoms with E-state index in [-0.39, 0.29) is 12.3 Å². The van der Waals surface area contributed by atoms with Gasteiger partial charge in [-0.05, 0) is 78.9 Å². The second-order valence-corrected chi connectivity index (χ2v) is 7.82. The maximum atomic E-state index is 12.4. The molecular formula is C25H24ClNO4. The molecule has 160 valence electrons. The SMILES string of the molecule is Cc1cc(CC(=O)O)cc(C)c1Oc1ccc(C(=O)NCCc2ccc(Cl)cc2)cc1. The Morgan fingerprint density at radius 1 is 0.935 bits per heavy atom. The summed E-state index contributed by atoms with van der Waals surface area (Å²) < 4.78 is 5.99. The van der Waals surface area contributed by atoms with E-state index in [9.17, 15) is 9.59 Å². The van der Waals surface area contributed by atoms with E-state index in [1.165, 1.54) is 0 Å². The molecule has 0 unspecified atom stereocenters. The summed E-state index contributed by atoms with van der Waals surface area (Å²) in [7, 11) is 0. The maximum absolute atomic E-state index is 12.4. The molecule has 31 heavy (non-hydrogen) atoms. The molecule has 5 nitrogen and oxygen atoms in total. The molecule has 0 aliphatic heterocycles. The van der Waals surface area contributed by atoms with Crippen LogP contribution < -0.4 is 10.1 Å². The second-order valence-electron chi connectivity index (χ2n) is 7.39. The average Bonchev–Trinajstić information content (AvgIpc) is 2.72. The summed E-state index contributed by atoms with van der Waals surface area (Å²) in [6, 6.07) is 18.1. The summed E-state index contributed by atoms with van der Waals surface area (Å²) in [5, 5.41) is 12.6. The molecule has 3 rings (SSSR count). The minimum atomic E-state index is -0.866. The van der Waals surface area contributed by atoms with Gasteiger partial charge in [-0.2, -0.15) is 0 Å². The largest absolute Gasteiger partial charge is 0.481 e. The van der Waals surface area contributed by atoms with Gasteiger partial charge < -0.3 is 15.2 Å². The molecule has 0 aliphatic rings. The molecule has 0 saturated carbocycles. The summed E-state index contributed by atoms with van der Waals surface area (Å²) in [6.07, 6.45) is 0.699. The van der Waals surface area contributed by atoms with Crippen LogP contribution in [0.2, 0.25) is 5.02 Å². The fourth-order valence-corrected chi connectivity index (χ4v) is 3.47. The van der Waals surface area contributed by atoms with Crippen LogP contribution in [0.15, 0.2) is 60.7 Å². The van der Waals surface area contributed by atoms with Crippen molar-refractivity contribution in [2.45, 2.75) is 26.7 Å². The molecule has 0 radical (unpaired) electrons. The van der Waals surface area contributed by atoms with E-state index >= 15 is 0 Å². The lowest BCUT2D eigenvalue weighted by molar-refractivity contribution is -0.136. The van der Waals surface area contributed by atoms with Gasteiger partial charge in [-0.3, -0.25) is 9.59 Å². The minimum Gasteiger partial charge on any atom is -0.481 e. The topological polar surface area (TPSA) is 75.6 Å². The average molecular weight is 438 g/mol. The Morgan fingerprint density at radius 3 is 2.13 bits per heavy atom. The molecule has 6 heteroatoms. The maximum Gasteiger partial charge on any atom is 0.307 e. The number of halogens is 1. The zero-order valence-corrected chi connectivity index (χ0v) is 18.2. The Morgan fingerprint density at radius 2 is 1.55 bits per heavy atom. The number of carbonyl (C=O) groups is 2. The van der Waals surface area contributed by atoms with E-state index in [0.717, 1.165) is 28.7 Å². The van der Waals surface area contributed by atoms with Crippen molar-refractivity contribution in [3.05, 3.63) is 93.5 Å². The van der Waals surface area contributed by atoms with Crippen LogP contribution in [0.25, 0.3) is 0 Å². The van der Waals surface area contributed by atoms with Crippen LogP contribution in [0.3, 0.4) is 0 Å². The molecule has 0 spiro atoms. The predicted octanol–water partition coefficient (Wildman–Crippen LogP) is 5.35. The van der Waals surface area contributed by atoms with Crippen LogP contribution in [-0.4, -0.2) is 23.5 Å². The molecule has 0 aromatic heterocycles. The fourth-order valence-electron chi connectivity index (χ4n) is 3.34. The number of carbonyl (C=O) groups excluding carboxylic acids is 1. The number of benzene rings is 3. The molecule has 3 aromatic rings. The monoisotopic (exact) mass is 437 g/mol. The smallest absolute Gasteiger partial charge is 0.307 e. The Labute approximate surface area is 186 Å². The summed E-state index contributed by atoms with van der Waals surface area (Å²) >= 11 is 5.88.